The predicted molar refractivity (Wildman–Crippen MR) is 75.9 cm³/mol. The second-order valence-corrected chi connectivity index (χ2v) is 6.12. The molecule has 2 fully saturated rings. The molecule has 106 valence electrons. The average Bonchev–Trinajstić information content (AvgIpc) is 2.75. The molecule has 2 rings (SSSR count). The highest BCUT2D eigenvalue weighted by Gasteiger charge is 2.32. The van der Waals surface area contributed by atoms with Crippen LogP contribution in [0, 0.1) is 5.92 Å². The topological polar surface area (TPSA) is 24.5 Å². The number of ether oxygens (including phenoxy) is 1. The summed E-state index contributed by atoms with van der Waals surface area (Å²) < 4.78 is 5.52. The standard InChI is InChI=1S/C15H30N2O/c1-4-12(2)15-11-17(9-5-8-16-15)13-6-7-14(10-13)18-3/h12-16H,4-11H2,1-3H3. The van der Waals surface area contributed by atoms with E-state index in [4.69, 9.17) is 4.74 Å². The van der Waals surface area contributed by atoms with Gasteiger partial charge in [0.1, 0.15) is 0 Å². The van der Waals surface area contributed by atoms with Gasteiger partial charge in [0.15, 0.2) is 0 Å². The largest absolute Gasteiger partial charge is 0.381 e. The van der Waals surface area contributed by atoms with Gasteiger partial charge in [-0.1, -0.05) is 20.3 Å². The lowest BCUT2D eigenvalue weighted by atomic mass is 9.98. The Morgan fingerprint density at radius 3 is 2.89 bits per heavy atom. The molecule has 1 saturated carbocycles. The third-order valence-corrected chi connectivity index (χ3v) is 5.00. The molecule has 0 aromatic carbocycles. The summed E-state index contributed by atoms with van der Waals surface area (Å²) in [7, 11) is 1.86. The summed E-state index contributed by atoms with van der Waals surface area (Å²) in [6.07, 6.45) is 6.89. The van der Waals surface area contributed by atoms with E-state index < -0.39 is 0 Å². The van der Waals surface area contributed by atoms with Crippen LogP contribution in [0.3, 0.4) is 0 Å². The number of methoxy groups -OCH3 is 1. The molecule has 0 amide bonds. The zero-order chi connectivity index (χ0) is 13.0. The summed E-state index contributed by atoms with van der Waals surface area (Å²) in [5, 5.41) is 3.74. The number of nitrogens with zero attached hydrogens (tertiary/aromatic N) is 1. The zero-order valence-corrected chi connectivity index (χ0v) is 12.3. The van der Waals surface area contributed by atoms with Crippen molar-refractivity contribution in [2.45, 2.75) is 64.1 Å². The minimum absolute atomic E-state index is 0.508. The highest BCUT2D eigenvalue weighted by molar-refractivity contribution is 4.88. The first-order valence-electron chi connectivity index (χ1n) is 7.74. The van der Waals surface area contributed by atoms with Crippen LogP contribution in [-0.4, -0.2) is 49.8 Å². The average molecular weight is 254 g/mol. The number of nitrogens with one attached hydrogen (secondary N) is 1. The fraction of sp³-hybridized carbons (Fsp3) is 1.00. The van der Waals surface area contributed by atoms with Crippen LogP contribution < -0.4 is 5.32 Å². The molecule has 0 aromatic heterocycles. The van der Waals surface area contributed by atoms with E-state index in [9.17, 15) is 0 Å². The Kier molecular flexibility index (Phi) is 5.46. The molecule has 1 saturated heterocycles. The molecule has 0 spiro atoms. The van der Waals surface area contributed by atoms with Gasteiger partial charge in [-0.3, -0.25) is 4.90 Å². The zero-order valence-electron chi connectivity index (χ0n) is 12.3. The van der Waals surface area contributed by atoms with Crippen molar-refractivity contribution in [1.82, 2.24) is 10.2 Å². The Bertz CT molecular complexity index is 247. The maximum atomic E-state index is 5.52. The molecule has 0 bridgehead atoms. The van der Waals surface area contributed by atoms with E-state index in [1.807, 2.05) is 7.11 Å². The maximum absolute atomic E-state index is 5.52. The van der Waals surface area contributed by atoms with Crippen molar-refractivity contribution in [2.24, 2.45) is 5.92 Å². The van der Waals surface area contributed by atoms with E-state index in [-0.39, 0.29) is 0 Å². The monoisotopic (exact) mass is 254 g/mol. The Morgan fingerprint density at radius 2 is 2.22 bits per heavy atom. The van der Waals surface area contributed by atoms with E-state index in [1.54, 1.807) is 0 Å². The molecular weight excluding hydrogens is 224 g/mol. The van der Waals surface area contributed by atoms with Crippen molar-refractivity contribution in [3.8, 4) is 0 Å². The molecule has 3 nitrogen and oxygen atoms in total. The van der Waals surface area contributed by atoms with Crippen molar-refractivity contribution in [3.05, 3.63) is 0 Å². The van der Waals surface area contributed by atoms with Gasteiger partial charge in [0.25, 0.3) is 0 Å². The molecule has 18 heavy (non-hydrogen) atoms. The van der Waals surface area contributed by atoms with Gasteiger partial charge in [-0.25, -0.2) is 0 Å². The molecule has 0 aromatic rings. The molecule has 0 radical (unpaired) electrons. The summed E-state index contributed by atoms with van der Waals surface area (Å²) in [4.78, 5) is 2.73. The fourth-order valence-electron chi connectivity index (χ4n) is 3.44. The van der Waals surface area contributed by atoms with E-state index in [0.717, 1.165) is 12.0 Å². The highest BCUT2D eigenvalue weighted by atomic mass is 16.5. The third kappa shape index (κ3) is 3.46. The van der Waals surface area contributed by atoms with Crippen molar-refractivity contribution in [2.75, 3.05) is 26.7 Å². The van der Waals surface area contributed by atoms with Crippen LogP contribution in [0.2, 0.25) is 0 Å². The Hall–Kier alpha value is -0.120. The van der Waals surface area contributed by atoms with Gasteiger partial charge in [0, 0.05) is 25.7 Å². The first kappa shape index (κ1) is 14.3. The maximum Gasteiger partial charge on any atom is 0.0586 e. The molecule has 1 heterocycles. The summed E-state index contributed by atoms with van der Waals surface area (Å²) in [5.41, 5.74) is 0. The summed E-state index contributed by atoms with van der Waals surface area (Å²) in [6, 6.07) is 1.44. The molecular formula is C15H30N2O. The van der Waals surface area contributed by atoms with Crippen LogP contribution in [0.4, 0.5) is 0 Å². The Labute approximate surface area is 112 Å². The first-order chi connectivity index (χ1) is 8.74. The SMILES string of the molecule is CCC(C)C1CN(C2CCC(OC)C2)CCCN1. The quantitative estimate of drug-likeness (QED) is 0.833. The van der Waals surface area contributed by atoms with Crippen LogP contribution in [0.5, 0.6) is 0 Å². The smallest absolute Gasteiger partial charge is 0.0586 e. The van der Waals surface area contributed by atoms with Crippen LogP contribution in [0.15, 0.2) is 0 Å². The number of rotatable bonds is 4. The molecule has 1 N–H and O–H groups in total. The summed E-state index contributed by atoms with van der Waals surface area (Å²) >= 11 is 0. The van der Waals surface area contributed by atoms with E-state index in [1.165, 1.54) is 51.7 Å². The lowest BCUT2D eigenvalue weighted by molar-refractivity contribution is 0.0949. The van der Waals surface area contributed by atoms with Crippen molar-refractivity contribution >= 4 is 0 Å². The third-order valence-electron chi connectivity index (χ3n) is 5.00. The van der Waals surface area contributed by atoms with Gasteiger partial charge < -0.3 is 10.1 Å². The molecule has 1 aliphatic carbocycles. The lowest BCUT2D eigenvalue weighted by Crippen LogP contribution is -2.45. The lowest BCUT2D eigenvalue weighted by Gasteiger charge is -2.32. The van der Waals surface area contributed by atoms with E-state index >= 15 is 0 Å². The van der Waals surface area contributed by atoms with E-state index in [2.05, 4.69) is 24.1 Å². The second kappa shape index (κ2) is 6.88. The summed E-state index contributed by atoms with van der Waals surface area (Å²) in [5.74, 6) is 0.783. The van der Waals surface area contributed by atoms with Gasteiger partial charge in [-0.05, 0) is 44.7 Å². The van der Waals surface area contributed by atoms with Crippen molar-refractivity contribution in [1.29, 1.82) is 0 Å². The molecule has 3 heteroatoms. The first-order valence-corrected chi connectivity index (χ1v) is 7.74. The minimum Gasteiger partial charge on any atom is -0.381 e. The van der Waals surface area contributed by atoms with Crippen LogP contribution >= 0.6 is 0 Å². The summed E-state index contributed by atoms with van der Waals surface area (Å²) in [6.45, 7) is 8.37. The highest BCUT2D eigenvalue weighted by Crippen LogP contribution is 2.27. The predicted octanol–water partition coefficient (Wildman–Crippen LogP) is 2.26. The van der Waals surface area contributed by atoms with Crippen LogP contribution in [0.25, 0.3) is 0 Å². The van der Waals surface area contributed by atoms with Crippen molar-refractivity contribution in [3.63, 3.8) is 0 Å². The van der Waals surface area contributed by atoms with Gasteiger partial charge in [-0.15, -0.1) is 0 Å². The van der Waals surface area contributed by atoms with Gasteiger partial charge >= 0.3 is 0 Å². The molecule has 2 aliphatic rings. The van der Waals surface area contributed by atoms with Crippen LogP contribution in [0.1, 0.15) is 46.0 Å². The Balaban J connectivity index is 1.91. The molecule has 4 atom stereocenters. The number of hydrogen-bond acceptors (Lipinski definition) is 3. The minimum atomic E-state index is 0.508. The van der Waals surface area contributed by atoms with Gasteiger partial charge in [-0.2, -0.15) is 0 Å². The van der Waals surface area contributed by atoms with E-state index in [0.29, 0.717) is 12.1 Å². The van der Waals surface area contributed by atoms with Gasteiger partial charge in [0.2, 0.25) is 0 Å². The van der Waals surface area contributed by atoms with Crippen molar-refractivity contribution < 1.29 is 4.74 Å². The number of hydrogen-bond donors (Lipinski definition) is 1. The van der Waals surface area contributed by atoms with Crippen LogP contribution in [-0.2, 0) is 4.74 Å². The molecule has 4 unspecified atom stereocenters. The Morgan fingerprint density at radius 1 is 1.39 bits per heavy atom. The fourth-order valence-corrected chi connectivity index (χ4v) is 3.44. The second-order valence-electron chi connectivity index (χ2n) is 6.12. The normalized spacial score (nSPS) is 36.5. The molecule has 1 aliphatic heterocycles. The van der Waals surface area contributed by atoms with Gasteiger partial charge in [0.05, 0.1) is 6.10 Å².